The maximum atomic E-state index is 9.06. The van der Waals surface area contributed by atoms with Crippen molar-refractivity contribution in [3.8, 4) is 0 Å². The minimum absolute atomic E-state index is 0.439. The first-order valence-corrected chi connectivity index (χ1v) is 5.77. The Morgan fingerprint density at radius 2 is 2.07 bits per heavy atom. The summed E-state index contributed by atoms with van der Waals surface area (Å²) in [5.74, 6) is 1.33. The molecule has 3 heteroatoms. The van der Waals surface area contributed by atoms with Gasteiger partial charge >= 0.3 is 0 Å². The number of nitrogens with zero attached hydrogens (tertiary/aromatic N) is 2. The van der Waals surface area contributed by atoms with Crippen molar-refractivity contribution in [3.63, 3.8) is 0 Å². The summed E-state index contributed by atoms with van der Waals surface area (Å²) in [5.41, 5.74) is 1.06. The van der Waals surface area contributed by atoms with E-state index in [0.717, 1.165) is 24.7 Å². The molecule has 2 bridgehead atoms. The zero-order valence-electron chi connectivity index (χ0n) is 9.11. The van der Waals surface area contributed by atoms with Gasteiger partial charge in [-0.3, -0.25) is 4.90 Å². The van der Waals surface area contributed by atoms with E-state index in [-0.39, 0.29) is 0 Å². The van der Waals surface area contributed by atoms with Crippen LogP contribution < -0.4 is 0 Å². The standard InChI is InChI=1S/C11H20N2O/c1-3-13(4-2)11-9-6-5-8(7-9)10(11)12-14/h8-9,11,14H,3-7H2,1-2H3/b12-10+/t8-,9-,11-/m0/s1. The van der Waals surface area contributed by atoms with Crippen molar-refractivity contribution < 1.29 is 5.21 Å². The van der Waals surface area contributed by atoms with E-state index in [2.05, 4.69) is 23.9 Å². The first kappa shape index (κ1) is 9.97. The normalized spacial score (nSPS) is 38.8. The van der Waals surface area contributed by atoms with E-state index in [4.69, 9.17) is 5.21 Å². The molecular formula is C11H20N2O. The Labute approximate surface area is 85.8 Å². The van der Waals surface area contributed by atoms with Crippen LogP contribution in [-0.2, 0) is 0 Å². The molecule has 14 heavy (non-hydrogen) atoms. The molecule has 0 aromatic rings. The Hall–Kier alpha value is -0.570. The van der Waals surface area contributed by atoms with Crippen LogP contribution in [0, 0.1) is 11.8 Å². The summed E-state index contributed by atoms with van der Waals surface area (Å²) < 4.78 is 0. The zero-order valence-corrected chi connectivity index (χ0v) is 9.11. The highest BCUT2D eigenvalue weighted by molar-refractivity contribution is 5.94. The zero-order chi connectivity index (χ0) is 10.1. The van der Waals surface area contributed by atoms with Crippen LogP contribution in [0.15, 0.2) is 5.16 Å². The van der Waals surface area contributed by atoms with Gasteiger partial charge in [0.15, 0.2) is 0 Å². The third-order valence-corrected chi connectivity index (χ3v) is 3.96. The van der Waals surface area contributed by atoms with Gasteiger partial charge in [-0.05, 0) is 38.3 Å². The molecule has 3 nitrogen and oxygen atoms in total. The molecule has 1 N–H and O–H groups in total. The molecule has 0 saturated heterocycles. The summed E-state index contributed by atoms with van der Waals surface area (Å²) in [6.07, 6.45) is 3.81. The van der Waals surface area contributed by atoms with Crippen LogP contribution in [0.4, 0.5) is 0 Å². The second kappa shape index (κ2) is 3.89. The van der Waals surface area contributed by atoms with Gasteiger partial charge in [0.2, 0.25) is 0 Å². The second-order valence-electron chi connectivity index (χ2n) is 4.46. The smallest absolute Gasteiger partial charge is 0.0775 e. The number of hydrogen-bond acceptors (Lipinski definition) is 3. The first-order chi connectivity index (χ1) is 6.81. The molecule has 0 spiro atoms. The summed E-state index contributed by atoms with van der Waals surface area (Å²) in [4.78, 5) is 2.43. The van der Waals surface area contributed by atoms with Crippen molar-refractivity contribution in [1.29, 1.82) is 0 Å². The third kappa shape index (κ3) is 1.34. The molecule has 0 unspecified atom stereocenters. The van der Waals surface area contributed by atoms with Crippen molar-refractivity contribution >= 4 is 5.71 Å². The summed E-state index contributed by atoms with van der Waals surface area (Å²) in [5, 5.41) is 12.6. The molecule has 2 saturated carbocycles. The first-order valence-electron chi connectivity index (χ1n) is 5.77. The third-order valence-electron chi connectivity index (χ3n) is 3.96. The average molecular weight is 196 g/mol. The topological polar surface area (TPSA) is 35.8 Å². The van der Waals surface area contributed by atoms with E-state index < -0.39 is 0 Å². The van der Waals surface area contributed by atoms with Crippen LogP contribution in [0.3, 0.4) is 0 Å². The molecule has 0 aliphatic heterocycles. The molecule has 0 radical (unpaired) electrons. The highest BCUT2D eigenvalue weighted by Crippen LogP contribution is 2.44. The molecule has 2 rings (SSSR count). The highest BCUT2D eigenvalue weighted by Gasteiger charge is 2.47. The fraction of sp³-hybridized carbons (Fsp3) is 0.909. The average Bonchev–Trinajstić information content (AvgIpc) is 2.79. The van der Waals surface area contributed by atoms with E-state index >= 15 is 0 Å². The van der Waals surface area contributed by atoms with Gasteiger partial charge in [-0.25, -0.2) is 0 Å². The lowest BCUT2D eigenvalue weighted by Gasteiger charge is -2.33. The Balaban J connectivity index is 2.17. The van der Waals surface area contributed by atoms with Crippen LogP contribution in [-0.4, -0.2) is 35.0 Å². The van der Waals surface area contributed by atoms with Gasteiger partial charge in [-0.2, -0.15) is 0 Å². The summed E-state index contributed by atoms with van der Waals surface area (Å²) in [6, 6.07) is 0.439. The van der Waals surface area contributed by atoms with Crippen LogP contribution in [0.25, 0.3) is 0 Å². The second-order valence-corrected chi connectivity index (χ2v) is 4.46. The predicted molar refractivity (Wildman–Crippen MR) is 56.8 cm³/mol. The number of rotatable bonds is 3. The maximum Gasteiger partial charge on any atom is 0.0775 e. The molecule has 0 aromatic carbocycles. The fourth-order valence-corrected chi connectivity index (χ4v) is 3.30. The molecule has 0 heterocycles. The quantitative estimate of drug-likeness (QED) is 0.553. The highest BCUT2D eigenvalue weighted by atomic mass is 16.4. The summed E-state index contributed by atoms with van der Waals surface area (Å²) >= 11 is 0. The van der Waals surface area contributed by atoms with Crippen molar-refractivity contribution in [1.82, 2.24) is 4.90 Å². The predicted octanol–water partition coefficient (Wildman–Crippen LogP) is 1.96. The minimum atomic E-state index is 0.439. The van der Waals surface area contributed by atoms with Crippen molar-refractivity contribution in [3.05, 3.63) is 0 Å². The van der Waals surface area contributed by atoms with E-state index in [1.54, 1.807) is 0 Å². The van der Waals surface area contributed by atoms with Gasteiger partial charge in [-0.15, -0.1) is 0 Å². The van der Waals surface area contributed by atoms with Crippen LogP contribution in [0.2, 0.25) is 0 Å². The molecule has 0 amide bonds. The molecule has 3 atom stereocenters. The summed E-state index contributed by atoms with van der Waals surface area (Å²) in [6.45, 7) is 6.49. The molecule has 0 aromatic heterocycles. The van der Waals surface area contributed by atoms with Crippen LogP contribution >= 0.6 is 0 Å². The lowest BCUT2D eigenvalue weighted by molar-refractivity contribution is 0.209. The van der Waals surface area contributed by atoms with Crippen LogP contribution in [0.5, 0.6) is 0 Å². The Bertz CT molecular complexity index is 235. The van der Waals surface area contributed by atoms with Gasteiger partial charge in [0.25, 0.3) is 0 Å². The maximum absolute atomic E-state index is 9.06. The van der Waals surface area contributed by atoms with Crippen molar-refractivity contribution in [2.24, 2.45) is 17.0 Å². The van der Waals surface area contributed by atoms with Crippen molar-refractivity contribution in [2.75, 3.05) is 13.1 Å². The molecule has 2 aliphatic carbocycles. The fourth-order valence-electron chi connectivity index (χ4n) is 3.30. The lowest BCUT2D eigenvalue weighted by Crippen LogP contribution is -2.44. The van der Waals surface area contributed by atoms with Gasteiger partial charge in [-0.1, -0.05) is 19.0 Å². The molecule has 2 fully saturated rings. The van der Waals surface area contributed by atoms with Gasteiger partial charge in [0, 0.05) is 5.92 Å². The SMILES string of the molecule is CCN(CC)[C@@H]1/C(=N/O)[C@H]2CC[C@H]1C2. The largest absolute Gasteiger partial charge is 0.411 e. The van der Waals surface area contributed by atoms with Gasteiger partial charge in [0.05, 0.1) is 11.8 Å². The Morgan fingerprint density at radius 3 is 2.64 bits per heavy atom. The van der Waals surface area contributed by atoms with E-state index in [0.29, 0.717) is 12.0 Å². The molecule has 80 valence electrons. The van der Waals surface area contributed by atoms with E-state index in [9.17, 15) is 0 Å². The monoisotopic (exact) mass is 196 g/mol. The number of hydrogen-bond donors (Lipinski definition) is 1. The Morgan fingerprint density at radius 1 is 1.36 bits per heavy atom. The van der Waals surface area contributed by atoms with E-state index in [1.165, 1.54) is 19.3 Å². The minimum Gasteiger partial charge on any atom is -0.411 e. The Kier molecular flexibility index (Phi) is 2.77. The van der Waals surface area contributed by atoms with Crippen molar-refractivity contribution in [2.45, 2.75) is 39.2 Å². The van der Waals surface area contributed by atoms with Gasteiger partial charge in [0.1, 0.15) is 0 Å². The lowest BCUT2D eigenvalue weighted by atomic mass is 9.92. The number of oxime groups is 1. The van der Waals surface area contributed by atoms with E-state index in [1.807, 2.05) is 0 Å². The number of fused-ring (bicyclic) bond motifs is 2. The molecular weight excluding hydrogens is 176 g/mol. The summed E-state index contributed by atoms with van der Waals surface area (Å²) in [7, 11) is 0. The molecule has 2 aliphatic rings. The van der Waals surface area contributed by atoms with Gasteiger partial charge < -0.3 is 5.21 Å². The van der Waals surface area contributed by atoms with Crippen LogP contribution in [0.1, 0.15) is 33.1 Å².